The van der Waals surface area contributed by atoms with Gasteiger partial charge in [0, 0.05) is 17.8 Å². The van der Waals surface area contributed by atoms with Gasteiger partial charge in [0.15, 0.2) is 0 Å². The highest BCUT2D eigenvalue weighted by molar-refractivity contribution is 5.49. The summed E-state index contributed by atoms with van der Waals surface area (Å²) in [7, 11) is 0. The van der Waals surface area contributed by atoms with E-state index in [1.165, 1.54) is 16.7 Å². The lowest BCUT2D eigenvalue weighted by Gasteiger charge is -2.14. The Morgan fingerprint density at radius 3 is 2.33 bits per heavy atom. The molecule has 21 heavy (non-hydrogen) atoms. The molecular weight excluding hydrogens is 258 g/mol. The van der Waals surface area contributed by atoms with Gasteiger partial charge in [0.05, 0.1) is 6.61 Å². The summed E-state index contributed by atoms with van der Waals surface area (Å²) in [5.74, 6) is 1.51. The summed E-state index contributed by atoms with van der Waals surface area (Å²) in [6.45, 7) is 10.1. The van der Waals surface area contributed by atoms with Crippen LogP contribution in [0.1, 0.15) is 30.5 Å². The Labute approximate surface area is 128 Å². The zero-order valence-corrected chi connectivity index (χ0v) is 13.4. The molecule has 2 aromatic rings. The fraction of sp³-hybridized carbons (Fsp3) is 0.368. The second-order valence-electron chi connectivity index (χ2n) is 6.04. The number of hydrogen-bond acceptors (Lipinski definition) is 2. The van der Waals surface area contributed by atoms with E-state index in [4.69, 9.17) is 4.74 Å². The second-order valence-corrected chi connectivity index (χ2v) is 6.04. The summed E-state index contributed by atoms with van der Waals surface area (Å²) in [4.78, 5) is 0. The molecule has 2 rings (SSSR count). The molecule has 0 radical (unpaired) electrons. The van der Waals surface area contributed by atoms with Crippen LogP contribution in [0.15, 0.2) is 42.5 Å². The van der Waals surface area contributed by atoms with E-state index in [1.807, 2.05) is 12.1 Å². The first-order valence-electron chi connectivity index (χ1n) is 7.57. The third kappa shape index (κ3) is 4.82. The van der Waals surface area contributed by atoms with Crippen LogP contribution in [0.25, 0.3) is 0 Å². The molecule has 0 aliphatic carbocycles. The molecule has 0 aliphatic rings. The Morgan fingerprint density at radius 1 is 1.00 bits per heavy atom. The van der Waals surface area contributed by atoms with Gasteiger partial charge in [0.1, 0.15) is 5.75 Å². The van der Waals surface area contributed by atoms with E-state index in [9.17, 15) is 0 Å². The average Bonchev–Trinajstić information content (AvgIpc) is 2.42. The number of anilines is 1. The molecule has 0 unspecified atom stereocenters. The number of para-hydroxylation sites is 1. The predicted molar refractivity (Wildman–Crippen MR) is 90.0 cm³/mol. The molecule has 2 aromatic carbocycles. The topological polar surface area (TPSA) is 21.3 Å². The molecule has 2 nitrogen and oxygen atoms in total. The second kappa shape index (κ2) is 7.16. The predicted octanol–water partition coefficient (Wildman–Crippen LogP) is 4.95. The number of rotatable bonds is 6. The highest BCUT2D eigenvalue weighted by Gasteiger charge is 2.04. The summed E-state index contributed by atoms with van der Waals surface area (Å²) in [5.41, 5.74) is 4.91. The highest BCUT2D eigenvalue weighted by atomic mass is 16.5. The summed E-state index contributed by atoms with van der Waals surface area (Å²) in [6, 6.07) is 14.8. The minimum Gasteiger partial charge on any atom is -0.493 e. The van der Waals surface area contributed by atoms with Crippen molar-refractivity contribution in [3.05, 3.63) is 59.2 Å². The van der Waals surface area contributed by atoms with E-state index < -0.39 is 0 Å². The minimum absolute atomic E-state index is 0.533. The molecule has 2 heteroatoms. The Bertz CT molecular complexity index is 570. The minimum atomic E-state index is 0.533. The van der Waals surface area contributed by atoms with Gasteiger partial charge in [-0.1, -0.05) is 38.1 Å². The smallest absolute Gasteiger partial charge is 0.124 e. The van der Waals surface area contributed by atoms with E-state index in [-0.39, 0.29) is 0 Å². The van der Waals surface area contributed by atoms with Gasteiger partial charge < -0.3 is 10.1 Å². The van der Waals surface area contributed by atoms with E-state index >= 15 is 0 Å². The third-order valence-corrected chi connectivity index (χ3v) is 3.25. The SMILES string of the molecule is Cc1cc(C)cc(NCc2ccccc2OCC(C)C)c1. The van der Waals surface area contributed by atoms with Crippen LogP contribution in [0.3, 0.4) is 0 Å². The fourth-order valence-corrected chi connectivity index (χ4v) is 2.32. The number of hydrogen-bond donors (Lipinski definition) is 1. The van der Waals surface area contributed by atoms with E-state index in [1.54, 1.807) is 0 Å². The van der Waals surface area contributed by atoms with Gasteiger partial charge in [-0.2, -0.15) is 0 Å². The Kier molecular flexibility index (Phi) is 5.26. The quantitative estimate of drug-likeness (QED) is 0.810. The highest BCUT2D eigenvalue weighted by Crippen LogP contribution is 2.21. The molecule has 0 aromatic heterocycles. The molecule has 0 atom stereocenters. The van der Waals surface area contributed by atoms with Crippen molar-refractivity contribution in [2.45, 2.75) is 34.2 Å². The summed E-state index contributed by atoms with van der Waals surface area (Å²) >= 11 is 0. The number of ether oxygens (including phenoxy) is 1. The average molecular weight is 283 g/mol. The number of nitrogens with one attached hydrogen (secondary N) is 1. The molecule has 0 spiro atoms. The molecule has 0 saturated carbocycles. The molecule has 0 heterocycles. The van der Waals surface area contributed by atoms with Crippen molar-refractivity contribution in [1.82, 2.24) is 0 Å². The van der Waals surface area contributed by atoms with Crippen molar-refractivity contribution in [2.75, 3.05) is 11.9 Å². The first-order chi connectivity index (χ1) is 10.0. The van der Waals surface area contributed by atoms with Crippen LogP contribution >= 0.6 is 0 Å². The normalized spacial score (nSPS) is 10.7. The Morgan fingerprint density at radius 2 is 1.67 bits per heavy atom. The van der Waals surface area contributed by atoms with Crippen molar-refractivity contribution in [3.63, 3.8) is 0 Å². The number of aryl methyl sites for hydroxylation is 2. The lowest BCUT2D eigenvalue weighted by atomic mass is 10.1. The summed E-state index contributed by atoms with van der Waals surface area (Å²) in [5, 5.41) is 3.49. The first-order valence-corrected chi connectivity index (χ1v) is 7.57. The monoisotopic (exact) mass is 283 g/mol. The summed E-state index contributed by atoms with van der Waals surface area (Å²) < 4.78 is 5.89. The van der Waals surface area contributed by atoms with Crippen LogP contribution in [-0.4, -0.2) is 6.61 Å². The van der Waals surface area contributed by atoms with Crippen molar-refractivity contribution >= 4 is 5.69 Å². The maximum Gasteiger partial charge on any atom is 0.124 e. The Balaban J connectivity index is 2.05. The zero-order valence-electron chi connectivity index (χ0n) is 13.4. The standard InChI is InChI=1S/C19H25NO/c1-14(2)13-21-19-8-6-5-7-17(19)12-20-18-10-15(3)9-16(4)11-18/h5-11,14,20H,12-13H2,1-4H3. The number of benzene rings is 2. The van der Waals surface area contributed by atoms with Crippen LogP contribution in [0.2, 0.25) is 0 Å². The Hall–Kier alpha value is -1.96. The van der Waals surface area contributed by atoms with Crippen molar-refractivity contribution in [2.24, 2.45) is 5.92 Å². The molecule has 0 saturated heterocycles. The molecule has 0 amide bonds. The van der Waals surface area contributed by atoms with Gasteiger partial charge in [-0.3, -0.25) is 0 Å². The van der Waals surface area contributed by atoms with E-state index in [2.05, 4.69) is 63.3 Å². The van der Waals surface area contributed by atoms with Crippen LogP contribution in [0, 0.1) is 19.8 Å². The molecular formula is C19H25NO. The van der Waals surface area contributed by atoms with Crippen LogP contribution in [-0.2, 0) is 6.54 Å². The molecule has 112 valence electrons. The molecule has 0 fully saturated rings. The van der Waals surface area contributed by atoms with E-state index in [0.29, 0.717) is 5.92 Å². The van der Waals surface area contributed by atoms with Crippen molar-refractivity contribution < 1.29 is 4.74 Å². The van der Waals surface area contributed by atoms with Crippen LogP contribution in [0.4, 0.5) is 5.69 Å². The lowest BCUT2D eigenvalue weighted by molar-refractivity contribution is 0.269. The molecule has 0 aliphatic heterocycles. The van der Waals surface area contributed by atoms with Gasteiger partial charge in [-0.05, 0) is 49.1 Å². The third-order valence-electron chi connectivity index (χ3n) is 3.25. The largest absolute Gasteiger partial charge is 0.493 e. The van der Waals surface area contributed by atoms with Gasteiger partial charge in [-0.25, -0.2) is 0 Å². The van der Waals surface area contributed by atoms with Crippen molar-refractivity contribution in [1.29, 1.82) is 0 Å². The van der Waals surface area contributed by atoms with Gasteiger partial charge >= 0.3 is 0 Å². The van der Waals surface area contributed by atoms with Gasteiger partial charge in [0.2, 0.25) is 0 Å². The van der Waals surface area contributed by atoms with Crippen LogP contribution in [0.5, 0.6) is 5.75 Å². The first kappa shape index (κ1) is 15.4. The maximum absolute atomic E-state index is 5.89. The maximum atomic E-state index is 5.89. The zero-order chi connectivity index (χ0) is 15.2. The van der Waals surface area contributed by atoms with Crippen molar-refractivity contribution in [3.8, 4) is 5.75 Å². The van der Waals surface area contributed by atoms with E-state index in [0.717, 1.165) is 24.6 Å². The van der Waals surface area contributed by atoms with Gasteiger partial charge in [0.25, 0.3) is 0 Å². The molecule has 1 N–H and O–H groups in total. The summed E-state index contributed by atoms with van der Waals surface area (Å²) in [6.07, 6.45) is 0. The molecule has 0 bridgehead atoms. The fourth-order valence-electron chi connectivity index (χ4n) is 2.32. The lowest BCUT2D eigenvalue weighted by Crippen LogP contribution is -2.08. The van der Waals surface area contributed by atoms with Gasteiger partial charge in [-0.15, -0.1) is 0 Å². The van der Waals surface area contributed by atoms with Crippen LogP contribution < -0.4 is 10.1 Å².